The van der Waals surface area contributed by atoms with Crippen LogP contribution in [0.15, 0.2) is 41.8 Å². The summed E-state index contributed by atoms with van der Waals surface area (Å²) in [6, 6.07) is 13.1. The molecule has 1 aliphatic heterocycles. The summed E-state index contributed by atoms with van der Waals surface area (Å²) in [6.07, 6.45) is 1.11. The molecule has 3 rings (SSSR count). The van der Waals surface area contributed by atoms with E-state index in [1.807, 2.05) is 28.4 Å². The zero-order valence-corrected chi connectivity index (χ0v) is 18.3. The van der Waals surface area contributed by atoms with Crippen molar-refractivity contribution < 1.29 is 4.79 Å². The Morgan fingerprint density at radius 3 is 2.39 bits per heavy atom. The fraction of sp³-hybridized carbons (Fsp3) is 0.522. The largest absolute Gasteiger partial charge is 0.336 e. The molecule has 152 valence electrons. The van der Waals surface area contributed by atoms with Gasteiger partial charge in [-0.3, -0.25) is 14.6 Å². The lowest BCUT2D eigenvalue weighted by Gasteiger charge is -2.34. The van der Waals surface area contributed by atoms with E-state index in [9.17, 15) is 4.79 Å². The van der Waals surface area contributed by atoms with Gasteiger partial charge in [0, 0.05) is 55.8 Å². The number of carbonyl (C=O) groups excluding carboxylic acids is 1. The van der Waals surface area contributed by atoms with Crippen LogP contribution in [0.5, 0.6) is 0 Å². The highest BCUT2D eigenvalue weighted by Gasteiger charge is 2.22. The summed E-state index contributed by atoms with van der Waals surface area (Å²) in [5.74, 6) is 0.167. The Morgan fingerprint density at radius 1 is 1.11 bits per heavy atom. The van der Waals surface area contributed by atoms with Gasteiger partial charge in [-0.2, -0.15) is 0 Å². The standard InChI is InChI=1S/C23H33N3OS/c1-4-25(19(2)3)18-20-7-9-21(10-8-20)23(27)26-15-13-24(14-16-26)12-11-22-6-5-17-28-22/h5-10,17,19H,4,11-16,18H2,1-3H3. The van der Waals surface area contributed by atoms with E-state index in [0.29, 0.717) is 6.04 Å². The first-order valence-electron chi connectivity index (χ1n) is 10.4. The number of piperazine rings is 1. The lowest BCUT2D eigenvalue weighted by atomic mass is 10.1. The number of nitrogens with zero attached hydrogens (tertiary/aromatic N) is 3. The molecule has 1 aromatic heterocycles. The maximum Gasteiger partial charge on any atom is 0.253 e. The Bertz CT molecular complexity index is 719. The molecular weight excluding hydrogens is 366 g/mol. The van der Waals surface area contributed by atoms with Crippen LogP contribution >= 0.6 is 11.3 Å². The van der Waals surface area contributed by atoms with Crippen molar-refractivity contribution in [2.24, 2.45) is 0 Å². The van der Waals surface area contributed by atoms with Crippen molar-refractivity contribution in [3.63, 3.8) is 0 Å². The van der Waals surface area contributed by atoms with Gasteiger partial charge in [-0.15, -0.1) is 11.3 Å². The zero-order chi connectivity index (χ0) is 19.9. The molecule has 0 spiro atoms. The SMILES string of the molecule is CCN(Cc1ccc(C(=O)N2CCN(CCc3cccs3)CC2)cc1)C(C)C. The van der Waals surface area contributed by atoms with Crippen molar-refractivity contribution in [1.82, 2.24) is 14.7 Å². The van der Waals surface area contributed by atoms with Crippen molar-refractivity contribution in [2.45, 2.75) is 39.8 Å². The van der Waals surface area contributed by atoms with Gasteiger partial charge in [0.25, 0.3) is 5.91 Å². The molecule has 0 bridgehead atoms. The monoisotopic (exact) mass is 399 g/mol. The number of rotatable bonds is 8. The first kappa shape index (κ1) is 21.0. The summed E-state index contributed by atoms with van der Waals surface area (Å²) in [5, 5.41) is 2.14. The molecule has 0 saturated carbocycles. The Kier molecular flexibility index (Phi) is 7.65. The van der Waals surface area contributed by atoms with E-state index in [-0.39, 0.29) is 5.91 Å². The third-order valence-electron chi connectivity index (χ3n) is 5.64. The van der Waals surface area contributed by atoms with E-state index in [1.165, 1.54) is 10.4 Å². The second kappa shape index (κ2) is 10.2. The van der Waals surface area contributed by atoms with Crippen molar-refractivity contribution in [1.29, 1.82) is 0 Å². The molecule has 0 radical (unpaired) electrons. The van der Waals surface area contributed by atoms with Gasteiger partial charge >= 0.3 is 0 Å². The van der Waals surface area contributed by atoms with E-state index < -0.39 is 0 Å². The van der Waals surface area contributed by atoms with E-state index in [4.69, 9.17) is 0 Å². The molecule has 28 heavy (non-hydrogen) atoms. The van der Waals surface area contributed by atoms with Crippen LogP contribution in [0.4, 0.5) is 0 Å². The second-order valence-electron chi connectivity index (χ2n) is 7.82. The van der Waals surface area contributed by atoms with Gasteiger partial charge < -0.3 is 4.90 Å². The highest BCUT2D eigenvalue weighted by Crippen LogP contribution is 2.14. The summed E-state index contributed by atoms with van der Waals surface area (Å²) >= 11 is 1.83. The fourth-order valence-corrected chi connectivity index (χ4v) is 4.43. The van der Waals surface area contributed by atoms with Gasteiger partial charge in [0.2, 0.25) is 0 Å². The first-order chi connectivity index (χ1) is 13.6. The van der Waals surface area contributed by atoms with E-state index in [0.717, 1.165) is 57.8 Å². The van der Waals surface area contributed by atoms with Crippen LogP contribution in [0.1, 0.15) is 41.6 Å². The van der Waals surface area contributed by atoms with Crippen molar-refractivity contribution in [3.8, 4) is 0 Å². The van der Waals surface area contributed by atoms with E-state index >= 15 is 0 Å². The maximum atomic E-state index is 12.8. The van der Waals surface area contributed by atoms with Gasteiger partial charge in [-0.25, -0.2) is 0 Å². The smallest absolute Gasteiger partial charge is 0.253 e. The Morgan fingerprint density at radius 2 is 1.82 bits per heavy atom. The molecule has 1 saturated heterocycles. The maximum absolute atomic E-state index is 12.8. The van der Waals surface area contributed by atoms with Crippen LogP contribution in [-0.2, 0) is 13.0 Å². The fourth-order valence-electron chi connectivity index (χ4n) is 3.73. The predicted molar refractivity (Wildman–Crippen MR) is 118 cm³/mol. The minimum absolute atomic E-state index is 0.167. The van der Waals surface area contributed by atoms with Crippen LogP contribution in [0.3, 0.4) is 0 Å². The molecule has 0 N–H and O–H groups in total. The minimum Gasteiger partial charge on any atom is -0.336 e. The summed E-state index contributed by atoms with van der Waals surface area (Å²) < 4.78 is 0. The van der Waals surface area contributed by atoms with Crippen LogP contribution < -0.4 is 0 Å². The molecular formula is C23H33N3OS. The number of carbonyl (C=O) groups is 1. The zero-order valence-electron chi connectivity index (χ0n) is 17.4. The topological polar surface area (TPSA) is 26.8 Å². The van der Waals surface area contributed by atoms with Crippen molar-refractivity contribution in [3.05, 3.63) is 57.8 Å². The third-order valence-corrected chi connectivity index (χ3v) is 6.57. The number of hydrogen-bond donors (Lipinski definition) is 0. The second-order valence-corrected chi connectivity index (χ2v) is 8.85. The first-order valence-corrected chi connectivity index (χ1v) is 11.3. The van der Waals surface area contributed by atoms with E-state index in [1.54, 1.807) is 0 Å². The average molecular weight is 400 g/mol. The Hall–Kier alpha value is -1.69. The highest BCUT2D eigenvalue weighted by atomic mass is 32.1. The normalized spacial score (nSPS) is 15.5. The molecule has 1 aromatic carbocycles. The van der Waals surface area contributed by atoms with Gasteiger partial charge in [0.15, 0.2) is 0 Å². The molecule has 2 heterocycles. The van der Waals surface area contributed by atoms with Crippen LogP contribution in [-0.4, -0.2) is 65.9 Å². The summed E-state index contributed by atoms with van der Waals surface area (Å²) in [5.41, 5.74) is 2.08. The van der Waals surface area contributed by atoms with Gasteiger partial charge in [-0.05, 0) is 56.0 Å². The molecule has 1 fully saturated rings. The van der Waals surface area contributed by atoms with Crippen molar-refractivity contribution >= 4 is 17.2 Å². The Balaban J connectivity index is 1.48. The molecule has 1 aliphatic rings. The predicted octanol–water partition coefficient (Wildman–Crippen LogP) is 3.98. The molecule has 2 aromatic rings. The van der Waals surface area contributed by atoms with Crippen LogP contribution in [0.2, 0.25) is 0 Å². The third kappa shape index (κ3) is 5.66. The molecule has 4 nitrogen and oxygen atoms in total. The number of amides is 1. The van der Waals surface area contributed by atoms with Gasteiger partial charge in [-0.1, -0.05) is 25.1 Å². The lowest BCUT2D eigenvalue weighted by molar-refractivity contribution is 0.0638. The van der Waals surface area contributed by atoms with Crippen molar-refractivity contribution in [2.75, 3.05) is 39.3 Å². The molecule has 1 amide bonds. The molecule has 0 aliphatic carbocycles. The van der Waals surface area contributed by atoms with Gasteiger partial charge in [0.05, 0.1) is 0 Å². The Labute approximate surface area is 173 Å². The van der Waals surface area contributed by atoms with Crippen LogP contribution in [0.25, 0.3) is 0 Å². The van der Waals surface area contributed by atoms with E-state index in [2.05, 4.69) is 60.2 Å². The summed E-state index contributed by atoms with van der Waals surface area (Å²) in [6.45, 7) is 13.3. The number of benzene rings is 1. The highest BCUT2D eigenvalue weighted by molar-refractivity contribution is 7.09. The van der Waals surface area contributed by atoms with Crippen LogP contribution in [0, 0.1) is 0 Å². The molecule has 5 heteroatoms. The number of hydrogen-bond acceptors (Lipinski definition) is 4. The van der Waals surface area contributed by atoms with Gasteiger partial charge in [0.1, 0.15) is 0 Å². The molecule has 0 atom stereocenters. The number of thiophene rings is 1. The quantitative estimate of drug-likeness (QED) is 0.672. The average Bonchev–Trinajstić information content (AvgIpc) is 3.24. The lowest BCUT2D eigenvalue weighted by Crippen LogP contribution is -2.49. The minimum atomic E-state index is 0.167. The summed E-state index contributed by atoms with van der Waals surface area (Å²) in [4.78, 5) is 21.2. The summed E-state index contributed by atoms with van der Waals surface area (Å²) in [7, 11) is 0. The molecule has 0 unspecified atom stereocenters.